The Balaban J connectivity index is 0.00000361. The van der Waals surface area contributed by atoms with Gasteiger partial charge in [-0.1, -0.05) is 17.7 Å². The summed E-state index contributed by atoms with van der Waals surface area (Å²) >= 11 is 5.81. The normalized spacial score (nSPS) is 9.95. The molecule has 20 heavy (non-hydrogen) atoms. The number of aliphatic carboxylic acids is 1. The molecule has 7 heteroatoms. The smallest absolute Gasteiger partial charge is 0.304 e. The summed E-state index contributed by atoms with van der Waals surface area (Å²) < 4.78 is 0. The van der Waals surface area contributed by atoms with E-state index in [2.05, 4.69) is 5.32 Å². The van der Waals surface area contributed by atoms with E-state index in [-0.39, 0.29) is 24.7 Å². The number of halogens is 2. The minimum Gasteiger partial charge on any atom is -0.481 e. The van der Waals surface area contributed by atoms with Gasteiger partial charge >= 0.3 is 5.97 Å². The standard InChI is InChI=1S/C13H17ClN2O3.ClH/c1-16(8-6-13(18)19)7-5-12(17)15-11-4-2-3-10(14)9-11;/h2-4,9H,5-8H2,1H3,(H,15,17)(H,18,19);1H. The van der Waals surface area contributed by atoms with Gasteiger partial charge in [0.2, 0.25) is 5.91 Å². The number of rotatable bonds is 7. The second-order valence-corrected chi connectivity index (χ2v) is 4.69. The van der Waals surface area contributed by atoms with Crippen molar-refractivity contribution in [1.29, 1.82) is 0 Å². The number of nitrogens with zero attached hydrogens (tertiary/aromatic N) is 1. The number of anilines is 1. The molecule has 0 aromatic heterocycles. The Labute approximate surface area is 129 Å². The lowest BCUT2D eigenvalue weighted by Gasteiger charge is -2.14. The maximum absolute atomic E-state index is 11.7. The third-order valence-corrected chi connectivity index (χ3v) is 2.77. The SMILES string of the molecule is CN(CCC(=O)O)CCC(=O)Nc1cccc(Cl)c1.Cl. The fourth-order valence-electron chi connectivity index (χ4n) is 1.48. The van der Waals surface area contributed by atoms with Crippen LogP contribution in [0.3, 0.4) is 0 Å². The Morgan fingerprint density at radius 1 is 1.30 bits per heavy atom. The van der Waals surface area contributed by atoms with Crippen molar-refractivity contribution in [3.63, 3.8) is 0 Å². The molecule has 5 nitrogen and oxygen atoms in total. The molecule has 0 unspecified atom stereocenters. The second kappa shape index (κ2) is 9.58. The molecule has 0 saturated carbocycles. The molecule has 0 aliphatic carbocycles. The lowest BCUT2D eigenvalue weighted by atomic mass is 10.3. The van der Waals surface area contributed by atoms with E-state index in [1.165, 1.54) is 0 Å². The summed E-state index contributed by atoms with van der Waals surface area (Å²) in [6.45, 7) is 0.944. The highest BCUT2D eigenvalue weighted by Gasteiger charge is 2.06. The number of carboxylic acids is 1. The van der Waals surface area contributed by atoms with Gasteiger partial charge in [-0.05, 0) is 25.2 Å². The fourth-order valence-corrected chi connectivity index (χ4v) is 1.67. The molecule has 0 heterocycles. The average Bonchev–Trinajstić information content (AvgIpc) is 2.34. The molecule has 1 aromatic rings. The first-order chi connectivity index (χ1) is 8.97. The van der Waals surface area contributed by atoms with Crippen LogP contribution in [-0.4, -0.2) is 42.0 Å². The van der Waals surface area contributed by atoms with Crippen LogP contribution in [0.2, 0.25) is 5.02 Å². The Kier molecular flexibility index (Phi) is 8.96. The molecule has 1 amide bonds. The Bertz CT molecular complexity index is 455. The molecule has 0 atom stereocenters. The van der Waals surface area contributed by atoms with Crippen LogP contribution in [0.4, 0.5) is 5.69 Å². The zero-order valence-electron chi connectivity index (χ0n) is 11.1. The van der Waals surface area contributed by atoms with Crippen LogP contribution in [0.1, 0.15) is 12.8 Å². The zero-order chi connectivity index (χ0) is 14.3. The molecule has 0 spiro atoms. The summed E-state index contributed by atoms with van der Waals surface area (Å²) in [6.07, 6.45) is 0.384. The number of amides is 1. The van der Waals surface area contributed by atoms with Crippen molar-refractivity contribution in [2.45, 2.75) is 12.8 Å². The molecule has 0 radical (unpaired) electrons. The van der Waals surface area contributed by atoms with E-state index < -0.39 is 5.97 Å². The first-order valence-corrected chi connectivity index (χ1v) is 6.31. The number of hydrogen-bond acceptors (Lipinski definition) is 3. The summed E-state index contributed by atoms with van der Waals surface area (Å²) in [7, 11) is 1.79. The predicted octanol–water partition coefficient (Wildman–Crippen LogP) is 2.50. The molecule has 2 N–H and O–H groups in total. The number of benzene rings is 1. The third-order valence-electron chi connectivity index (χ3n) is 2.54. The Morgan fingerprint density at radius 3 is 2.55 bits per heavy atom. The van der Waals surface area contributed by atoms with Crippen LogP contribution in [0.5, 0.6) is 0 Å². The lowest BCUT2D eigenvalue weighted by molar-refractivity contribution is -0.137. The minimum absolute atomic E-state index is 0. The predicted molar refractivity (Wildman–Crippen MR) is 81.7 cm³/mol. The average molecular weight is 321 g/mol. The Morgan fingerprint density at radius 2 is 1.95 bits per heavy atom. The van der Waals surface area contributed by atoms with E-state index in [0.29, 0.717) is 30.2 Å². The summed E-state index contributed by atoms with van der Waals surface area (Å²) in [5, 5.41) is 11.8. The maximum atomic E-state index is 11.7. The first-order valence-electron chi connectivity index (χ1n) is 5.93. The van der Waals surface area contributed by atoms with Crippen molar-refractivity contribution in [2.24, 2.45) is 0 Å². The molecule has 0 fully saturated rings. The van der Waals surface area contributed by atoms with Crippen LogP contribution in [0.15, 0.2) is 24.3 Å². The number of carboxylic acid groups (broad SMARTS) is 1. The number of carbonyl (C=O) groups is 2. The second-order valence-electron chi connectivity index (χ2n) is 4.26. The van der Waals surface area contributed by atoms with Crippen molar-refractivity contribution in [3.8, 4) is 0 Å². The van der Waals surface area contributed by atoms with Crippen molar-refractivity contribution in [3.05, 3.63) is 29.3 Å². The topological polar surface area (TPSA) is 69.6 Å². The van der Waals surface area contributed by atoms with Gasteiger partial charge in [0.15, 0.2) is 0 Å². The number of nitrogens with one attached hydrogen (secondary N) is 1. The molecule has 0 saturated heterocycles. The quantitative estimate of drug-likeness (QED) is 0.809. The van der Waals surface area contributed by atoms with Crippen LogP contribution in [0, 0.1) is 0 Å². The molecule has 112 valence electrons. The fraction of sp³-hybridized carbons (Fsp3) is 0.385. The van der Waals surface area contributed by atoms with Crippen molar-refractivity contribution in [1.82, 2.24) is 4.90 Å². The van der Waals surface area contributed by atoms with Gasteiger partial charge in [-0.3, -0.25) is 9.59 Å². The molecule has 1 aromatic carbocycles. The molecule has 0 aliphatic heterocycles. The summed E-state index contributed by atoms with van der Waals surface area (Å²) in [5.74, 6) is -0.959. The van der Waals surface area contributed by atoms with Gasteiger partial charge < -0.3 is 15.3 Å². The van der Waals surface area contributed by atoms with Gasteiger partial charge in [-0.2, -0.15) is 0 Å². The number of carbonyl (C=O) groups excluding carboxylic acids is 1. The van der Waals surface area contributed by atoms with Gasteiger partial charge in [-0.25, -0.2) is 0 Å². The third kappa shape index (κ3) is 7.99. The van der Waals surface area contributed by atoms with Crippen LogP contribution < -0.4 is 5.32 Å². The van der Waals surface area contributed by atoms with Crippen molar-refractivity contribution < 1.29 is 14.7 Å². The monoisotopic (exact) mass is 320 g/mol. The molecule has 1 rings (SSSR count). The molecule has 0 aliphatic rings. The number of hydrogen-bond donors (Lipinski definition) is 2. The van der Waals surface area contributed by atoms with Crippen LogP contribution in [-0.2, 0) is 9.59 Å². The highest BCUT2D eigenvalue weighted by atomic mass is 35.5. The van der Waals surface area contributed by atoms with Crippen molar-refractivity contribution >= 4 is 41.6 Å². The van der Waals surface area contributed by atoms with Gasteiger partial charge in [-0.15, -0.1) is 12.4 Å². The summed E-state index contributed by atoms with van der Waals surface area (Å²) in [5.41, 5.74) is 0.658. The molecular weight excluding hydrogens is 303 g/mol. The lowest BCUT2D eigenvalue weighted by Crippen LogP contribution is -2.26. The van der Waals surface area contributed by atoms with Crippen LogP contribution in [0.25, 0.3) is 0 Å². The van der Waals surface area contributed by atoms with E-state index in [0.717, 1.165) is 0 Å². The molecule has 0 bridgehead atoms. The van der Waals surface area contributed by atoms with Crippen LogP contribution >= 0.6 is 24.0 Å². The van der Waals surface area contributed by atoms with E-state index in [1.807, 2.05) is 4.90 Å². The summed E-state index contributed by atoms with van der Waals surface area (Å²) in [6, 6.07) is 6.93. The van der Waals surface area contributed by atoms with Gasteiger partial charge in [0, 0.05) is 30.2 Å². The highest BCUT2D eigenvalue weighted by Crippen LogP contribution is 2.14. The van der Waals surface area contributed by atoms with E-state index >= 15 is 0 Å². The maximum Gasteiger partial charge on any atom is 0.304 e. The highest BCUT2D eigenvalue weighted by molar-refractivity contribution is 6.30. The first kappa shape index (κ1) is 18.7. The minimum atomic E-state index is -0.838. The van der Waals surface area contributed by atoms with E-state index in [9.17, 15) is 9.59 Å². The van der Waals surface area contributed by atoms with E-state index in [4.69, 9.17) is 16.7 Å². The Hall–Kier alpha value is -1.30. The summed E-state index contributed by atoms with van der Waals surface area (Å²) in [4.78, 5) is 23.9. The van der Waals surface area contributed by atoms with Crippen molar-refractivity contribution in [2.75, 3.05) is 25.5 Å². The zero-order valence-corrected chi connectivity index (χ0v) is 12.7. The van der Waals surface area contributed by atoms with Gasteiger partial charge in [0.05, 0.1) is 6.42 Å². The largest absolute Gasteiger partial charge is 0.481 e. The van der Waals surface area contributed by atoms with E-state index in [1.54, 1.807) is 31.3 Å². The van der Waals surface area contributed by atoms with Gasteiger partial charge in [0.1, 0.15) is 0 Å². The molecular formula is C13H18Cl2N2O3. The van der Waals surface area contributed by atoms with Gasteiger partial charge in [0.25, 0.3) is 0 Å².